The lowest BCUT2D eigenvalue weighted by molar-refractivity contribution is 0.0236. The van der Waals surface area contributed by atoms with Crippen molar-refractivity contribution in [2.24, 2.45) is 0 Å². The van der Waals surface area contributed by atoms with Gasteiger partial charge in [-0.15, -0.1) is 0 Å². The Morgan fingerprint density at radius 1 is 0.576 bits per heavy atom. The summed E-state index contributed by atoms with van der Waals surface area (Å²) in [6, 6.07) is 3.73. The maximum atomic E-state index is 12.5. The molecule has 0 radical (unpaired) electrons. The van der Waals surface area contributed by atoms with E-state index in [9.17, 15) is 29.7 Å². The molecule has 0 fully saturated rings. The summed E-state index contributed by atoms with van der Waals surface area (Å²) < 4.78 is 15.5. The normalized spacial score (nSPS) is 12.3. The minimum Gasteiger partial charge on any atom is -0.462 e. The van der Waals surface area contributed by atoms with Crippen LogP contribution in [0.3, 0.4) is 0 Å². The van der Waals surface area contributed by atoms with Gasteiger partial charge in [-0.3, -0.25) is 0 Å². The molecule has 0 amide bonds. The molecule has 0 saturated carbocycles. The van der Waals surface area contributed by atoms with Gasteiger partial charge in [-0.2, -0.15) is 0 Å². The van der Waals surface area contributed by atoms with Crippen molar-refractivity contribution in [1.29, 1.82) is 0 Å². The van der Waals surface area contributed by atoms with E-state index in [-0.39, 0.29) is 55.8 Å². The zero-order chi connectivity index (χ0) is 25.4. The van der Waals surface area contributed by atoms with Crippen LogP contribution in [0.25, 0.3) is 0 Å². The van der Waals surface area contributed by atoms with E-state index in [1.807, 2.05) is 0 Å². The predicted molar refractivity (Wildman–Crippen MR) is 120 cm³/mol. The molecule has 0 spiro atoms. The Morgan fingerprint density at radius 2 is 0.788 bits per heavy atom. The third-order valence-electron chi connectivity index (χ3n) is 4.48. The van der Waals surface area contributed by atoms with Crippen LogP contribution in [0.2, 0.25) is 0 Å². The highest BCUT2D eigenvalue weighted by Crippen LogP contribution is 2.17. The summed E-state index contributed by atoms with van der Waals surface area (Å²) in [5.41, 5.74) is -3.25. The number of carbonyl (C=O) groups excluding carboxylic acids is 3. The molecule has 9 nitrogen and oxygen atoms in total. The van der Waals surface area contributed by atoms with Gasteiger partial charge in [0, 0.05) is 19.3 Å². The van der Waals surface area contributed by atoms with Crippen molar-refractivity contribution in [3.8, 4) is 0 Å². The molecule has 0 aromatic heterocycles. The Kier molecular flexibility index (Phi) is 10.0. The van der Waals surface area contributed by atoms with Gasteiger partial charge < -0.3 is 29.5 Å². The van der Waals surface area contributed by atoms with E-state index in [1.54, 1.807) is 41.5 Å². The number of hydrogen-bond acceptors (Lipinski definition) is 9. The maximum Gasteiger partial charge on any atom is 0.338 e. The van der Waals surface area contributed by atoms with Gasteiger partial charge in [0.1, 0.15) is 0 Å². The predicted octanol–water partition coefficient (Wildman–Crippen LogP) is 2.64. The molecular weight excluding hydrogens is 432 g/mol. The molecule has 0 atom stereocenters. The van der Waals surface area contributed by atoms with Crippen molar-refractivity contribution >= 4 is 17.9 Å². The Hall–Kier alpha value is -2.49. The number of carbonyl (C=O) groups is 3. The molecule has 0 unspecified atom stereocenters. The average Bonchev–Trinajstić information content (AvgIpc) is 2.64. The standard InChI is InChI=1S/C24H36O9/c1-22(2,28)7-10-31-19(25)16-13-17(20(26)32-11-8-23(3,4)29)15-18(14-16)21(27)33-12-9-24(5,6)30/h13-15,28-30H,7-12H2,1-6H3. The first-order chi connectivity index (χ1) is 15.0. The van der Waals surface area contributed by atoms with Crippen molar-refractivity contribution in [2.75, 3.05) is 19.8 Å². The SMILES string of the molecule is CC(C)(O)CCOC(=O)c1cc(C(=O)OCCC(C)(C)O)cc(C(=O)OCCC(C)(C)O)c1. The van der Waals surface area contributed by atoms with Gasteiger partial charge in [0.2, 0.25) is 0 Å². The van der Waals surface area contributed by atoms with E-state index in [1.165, 1.54) is 18.2 Å². The summed E-state index contributed by atoms with van der Waals surface area (Å²) in [6.45, 7) is 9.27. The maximum absolute atomic E-state index is 12.5. The van der Waals surface area contributed by atoms with E-state index in [4.69, 9.17) is 14.2 Å². The van der Waals surface area contributed by atoms with Gasteiger partial charge in [-0.1, -0.05) is 0 Å². The van der Waals surface area contributed by atoms with E-state index in [2.05, 4.69) is 0 Å². The highest BCUT2D eigenvalue weighted by molar-refractivity contribution is 6.00. The van der Waals surface area contributed by atoms with Gasteiger partial charge in [0.05, 0.1) is 53.3 Å². The minimum atomic E-state index is -1.03. The van der Waals surface area contributed by atoms with Crippen LogP contribution in [0.1, 0.15) is 91.9 Å². The monoisotopic (exact) mass is 468 g/mol. The molecule has 1 aromatic carbocycles. The Labute approximate surface area is 194 Å². The Bertz CT molecular complexity index is 702. The van der Waals surface area contributed by atoms with Crippen LogP contribution >= 0.6 is 0 Å². The van der Waals surface area contributed by atoms with E-state index < -0.39 is 34.7 Å². The molecular formula is C24H36O9. The summed E-state index contributed by atoms with van der Waals surface area (Å²) in [4.78, 5) is 37.5. The van der Waals surface area contributed by atoms with Gasteiger partial charge in [0.15, 0.2) is 0 Å². The first kappa shape index (κ1) is 28.5. The smallest absolute Gasteiger partial charge is 0.338 e. The number of hydrogen-bond donors (Lipinski definition) is 3. The molecule has 0 heterocycles. The zero-order valence-corrected chi connectivity index (χ0v) is 20.3. The third-order valence-corrected chi connectivity index (χ3v) is 4.48. The molecule has 0 bridgehead atoms. The third kappa shape index (κ3) is 12.4. The second kappa shape index (κ2) is 11.6. The lowest BCUT2D eigenvalue weighted by Gasteiger charge is -2.18. The lowest BCUT2D eigenvalue weighted by Crippen LogP contribution is -2.23. The van der Waals surface area contributed by atoms with Crippen molar-refractivity contribution in [1.82, 2.24) is 0 Å². The molecule has 1 rings (SSSR count). The molecule has 0 saturated heterocycles. The summed E-state index contributed by atoms with van der Waals surface area (Å²) in [7, 11) is 0. The quantitative estimate of drug-likeness (QED) is 0.312. The molecule has 0 aliphatic carbocycles. The van der Waals surface area contributed by atoms with Gasteiger partial charge in [0.25, 0.3) is 0 Å². The molecule has 0 aliphatic rings. The van der Waals surface area contributed by atoms with Crippen LogP contribution in [0, 0.1) is 0 Å². The van der Waals surface area contributed by atoms with Crippen LogP contribution in [-0.4, -0.2) is 69.9 Å². The first-order valence-corrected chi connectivity index (χ1v) is 10.8. The topological polar surface area (TPSA) is 140 Å². The summed E-state index contributed by atoms with van der Waals surface area (Å²) in [5, 5.41) is 29.3. The lowest BCUT2D eigenvalue weighted by atomic mass is 10.0. The van der Waals surface area contributed by atoms with E-state index >= 15 is 0 Å². The van der Waals surface area contributed by atoms with Crippen LogP contribution in [-0.2, 0) is 14.2 Å². The Morgan fingerprint density at radius 3 is 0.970 bits per heavy atom. The van der Waals surface area contributed by atoms with Crippen LogP contribution in [0.5, 0.6) is 0 Å². The molecule has 3 N–H and O–H groups in total. The molecule has 0 aliphatic heterocycles. The zero-order valence-electron chi connectivity index (χ0n) is 20.3. The van der Waals surface area contributed by atoms with Crippen molar-refractivity contribution in [3.05, 3.63) is 34.9 Å². The number of aliphatic hydroxyl groups is 3. The van der Waals surface area contributed by atoms with Crippen LogP contribution < -0.4 is 0 Å². The molecule has 186 valence electrons. The van der Waals surface area contributed by atoms with Gasteiger partial charge in [-0.25, -0.2) is 14.4 Å². The molecule has 1 aromatic rings. The number of rotatable bonds is 12. The second-order valence-corrected chi connectivity index (χ2v) is 9.89. The first-order valence-electron chi connectivity index (χ1n) is 10.8. The van der Waals surface area contributed by atoms with Gasteiger partial charge >= 0.3 is 17.9 Å². The van der Waals surface area contributed by atoms with Crippen molar-refractivity contribution < 1.29 is 43.9 Å². The van der Waals surface area contributed by atoms with Gasteiger partial charge in [-0.05, 0) is 59.7 Å². The highest BCUT2D eigenvalue weighted by Gasteiger charge is 2.22. The fraction of sp³-hybridized carbons (Fsp3) is 0.625. The second-order valence-electron chi connectivity index (χ2n) is 9.89. The fourth-order valence-corrected chi connectivity index (χ4v) is 2.41. The molecule has 33 heavy (non-hydrogen) atoms. The number of benzene rings is 1. The molecule has 9 heteroatoms. The van der Waals surface area contributed by atoms with E-state index in [0.29, 0.717) is 0 Å². The summed E-state index contributed by atoms with van der Waals surface area (Å²) >= 11 is 0. The number of ether oxygens (including phenoxy) is 3. The average molecular weight is 469 g/mol. The van der Waals surface area contributed by atoms with Crippen molar-refractivity contribution in [2.45, 2.75) is 77.6 Å². The van der Waals surface area contributed by atoms with Crippen LogP contribution in [0.4, 0.5) is 0 Å². The minimum absolute atomic E-state index is 0.0582. The van der Waals surface area contributed by atoms with Crippen LogP contribution in [0.15, 0.2) is 18.2 Å². The van der Waals surface area contributed by atoms with E-state index in [0.717, 1.165) is 0 Å². The largest absolute Gasteiger partial charge is 0.462 e. The Balaban J connectivity index is 3.05. The summed E-state index contributed by atoms with van der Waals surface area (Å²) in [5.74, 6) is -2.34. The fourth-order valence-electron chi connectivity index (χ4n) is 2.41. The summed E-state index contributed by atoms with van der Waals surface area (Å²) in [6.07, 6.45) is 0.593. The number of esters is 3. The highest BCUT2D eigenvalue weighted by atomic mass is 16.5. The van der Waals surface area contributed by atoms with Crippen molar-refractivity contribution in [3.63, 3.8) is 0 Å².